The van der Waals surface area contributed by atoms with Crippen LogP contribution in [0.5, 0.6) is 0 Å². The molecule has 31 heavy (non-hydrogen) atoms. The summed E-state index contributed by atoms with van der Waals surface area (Å²) < 4.78 is 27.4. The van der Waals surface area contributed by atoms with Gasteiger partial charge in [-0.3, -0.25) is 9.59 Å². The molecule has 2 amide bonds. The molecule has 0 spiro atoms. The van der Waals surface area contributed by atoms with Crippen LogP contribution in [0, 0.1) is 0 Å². The third kappa shape index (κ3) is 5.16. The van der Waals surface area contributed by atoms with Crippen LogP contribution in [-0.4, -0.2) is 55.6 Å². The normalized spacial score (nSPS) is 17.6. The Kier molecular flexibility index (Phi) is 6.74. The Bertz CT molecular complexity index is 1030. The molecule has 0 unspecified atom stereocenters. The Morgan fingerprint density at radius 1 is 0.871 bits per heavy atom. The van der Waals surface area contributed by atoms with E-state index in [2.05, 4.69) is 5.32 Å². The Balaban J connectivity index is 1.34. The molecule has 1 N–H and O–H groups in total. The zero-order valence-electron chi connectivity index (χ0n) is 17.4. The van der Waals surface area contributed by atoms with Gasteiger partial charge in [0.05, 0.1) is 6.42 Å². The van der Waals surface area contributed by atoms with Crippen LogP contribution in [0.4, 0.5) is 5.69 Å². The maximum Gasteiger partial charge on any atom is 0.253 e. The summed E-state index contributed by atoms with van der Waals surface area (Å²) in [5, 5.41) is 2.82. The first-order valence-electron chi connectivity index (χ1n) is 10.7. The number of piperidine rings is 1. The minimum Gasteiger partial charge on any atom is -0.339 e. The lowest BCUT2D eigenvalue weighted by Gasteiger charge is -2.25. The van der Waals surface area contributed by atoms with Crippen molar-refractivity contribution in [3.05, 3.63) is 46.8 Å². The van der Waals surface area contributed by atoms with Crippen molar-refractivity contribution in [2.75, 3.05) is 31.5 Å². The molecular formula is C22H27N3O4S2. The molecule has 0 radical (unpaired) electrons. The second kappa shape index (κ2) is 9.50. The number of carbonyl (C=O) groups is 2. The Hall–Kier alpha value is -2.23. The molecule has 166 valence electrons. The SMILES string of the molecule is O=C(Cc1ccc(S(=O)(=O)N2CCCCC2)s1)Nc1ccc(C(=O)N2CCCC2)cc1. The number of nitrogens with zero attached hydrogens (tertiary/aromatic N) is 2. The van der Waals surface area contributed by atoms with Gasteiger partial charge in [0.25, 0.3) is 15.9 Å². The molecule has 7 nitrogen and oxygen atoms in total. The lowest BCUT2D eigenvalue weighted by atomic mass is 10.2. The molecule has 1 aromatic heterocycles. The number of anilines is 1. The van der Waals surface area contributed by atoms with Crippen molar-refractivity contribution in [1.82, 2.24) is 9.21 Å². The number of carbonyl (C=O) groups excluding carboxylic acids is 2. The van der Waals surface area contributed by atoms with Crippen molar-refractivity contribution in [2.24, 2.45) is 0 Å². The van der Waals surface area contributed by atoms with E-state index >= 15 is 0 Å². The van der Waals surface area contributed by atoms with Crippen molar-refractivity contribution in [3.8, 4) is 0 Å². The van der Waals surface area contributed by atoms with Crippen molar-refractivity contribution < 1.29 is 18.0 Å². The third-order valence-electron chi connectivity index (χ3n) is 5.69. The average molecular weight is 462 g/mol. The van der Waals surface area contributed by atoms with Crippen LogP contribution in [0.2, 0.25) is 0 Å². The summed E-state index contributed by atoms with van der Waals surface area (Å²) in [6.45, 7) is 2.72. The summed E-state index contributed by atoms with van der Waals surface area (Å²) in [4.78, 5) is 27.4. The number of amides is 2. The fraction of sp³-hybridized carbons (Fsp3) is 0.455. The van der Waals surface area contributed by atoms with E-state index in [1.54, 1.807) is 36.4 Å². The van der Waals surface area contributed by atoms with E-state index in [4.69, 9.17) is 0 Å². The van der Waals surface area contributed by atoms with Gasteiger partial charge in [-0.25, -0.2) is 8.42 Å². The second-order valence-electron chi connectivity index (χ2n) is 7.99. The summed E-state index contributed by atoms with van der Waals surface area (Å²) in [6, 6.07) is 10.2. The monoisotopic (exact) mass is 461 g/mol. The smallest absolute Gasteiger partial charge is 0.253 e. The van der Waals surface area contributed by atoms with Gasteiger partial charge in [-0.1, -0.05) is 6.42 Å². The molecule has 0 bridgehead atoms. The average Bonchev–Trinajstić information content (AvgIpc) is 3.47. The third-order valence-corrected chi connectivity index (χ3v) is 9.14. The molecular weight excluding hydrogens is 434 g/mol. The molecule has 0 saturated carbocycles. The number of sulfonamides is 1. The van der Waals surface area contributed by atoms with Gasteiger partial charge in [-0.15, -0.1) is 11.3 Å². The van der Waals surface area contributed by atoms with Gasteiger partial charge in [0.15, 0.2) is 0 Å². The van der Waals surface area contributed by atoms with Crippen LogP contribution in [0.3, 0.4) is 0 Å². The van der Waals surface area contributed by atoms with Gasteiger partial charge < -0.3 is 10.2 Å². The van der Waals surface area contributed by atoms with Crippen LogP contribution in [-0.2, 0) is 21.2 Å². The number of hydrogen-bond donors (Lipinski definition) is 1. The quantitative estimate of drug-likeness (QED) is 0.715. The first kappa shape index (κ1) is 22.0. The van der Waals surface area contributed by atoms with E-state index in [1.165, 1.54) is 4.31 Å². The summed E-state index contributed by atoms with van der Waals surface area (Å²) in [5.74, 6) is -0.196. The molecule has 2 aliphatic rings. The molecule has 1 aromatic carbocycles. The number of rotatable bonds is 6. The highest BCUT2D eigenvalue weighted by molar-refractivity contribution is 7.91. The van der Waals surface area contributed by atoms with Crippen molar-refractivity contribution in [3.63, 3.8) is 0 Å². The fourth-order valence-corrected chi connectivity index (χ4v) is 7.01. The van der Waals surface area contributed by atoms with Crippen LogP contribution in [0.1, 0.15) is 47.3 Å². The van der Waals surface area contributed by atoms with Crippen LogP contribution >= 0.6 is 11.3 Å². The highest BCUT2D eigenvalue weighted by atomic mass is 32.2. The number of nitrogens with one attached hydrogen (secondary N) is 1. The highest BCUT2D eigenvalue weighted by Gasteiger charge is 2.27. The van der Waals surface area contributed by atoms with Crippen LogP contribution in [0.15, 0.2) is 40.6 Å². The standard InChI is InChI=1S/C22H27N3O4S2/c26-20(23-18-8-6-17(7-9-18)22(27)24-12-4-5-13-24)16-19-10-11-21(30-19)31(28,29)25-14-2-1-3-15-25/h6-11H,1-5,12-16H2,(H,23,26). The summed E-state index contributed by atoms with van der Waals surface area (Å²) in [7, 11) is -3.47. The highest BCUT2D eigenvalue weighted by Crippen LogP contribution is 2.27. The maximum atomic E-state index is 12.8. The van der Waals surface area contributed by atoms with Crippen LogP contribution in [0.25, 0.3) is 0 Å². The van der Waals surface area contributed by atoms with Gasteiger partial charge in [-0.2, -0.15) is 4.31 Å². The van der Waals surface area contributed by atoms with Crippen molar-refractivity contribution in [1.29, 1.82) is 0 Å². The van der Waals surface area contributed by atoms with Gasteiger partial charge in [0.1, 0.15) is 4.21 Å². The zero-order valence-corrected chi connectivity index (χ0v) is 19.0. The second-order valence-corrected chi connectivity index (χ2v) is 11.3. The first-order valence-corrected chi connectivity index (χ1v) is 13.0. The molecule has 2 saturated heterocycles. The molecule has 3 heterocycles. The van der Waals surface area contributed by atoms with Gasteiger partial charge >= 0.3 is 0 Å². The lowest BCUT2D eigenvalue weighted by Crippen LogP contribution is -2.35. The first-order chi connectivity index (χ1) is 14.9. The van der Waals surface area contributed by atoms with Gasteiger partial charge in [0.2, 0.25) is 5.91 Å². The molecule has 0 atom stereocenters. The number of benzene rings is 1. The maximum absolute atomic E-state index is 12.8. The summed E-state index contributed by atoms with van der Waals surface area (Å²) >= 11 is 1.15. The fourth-order valence-electron chi connectivity index (χ4n) is 3.99. The van der Waals surface area contributed by atoms with Gasteiger partial charge in [-0.05, 0) is 62.1 Å². The van der Waals surface area contributed by atoms with Gasteiger partial charge in [0, 0.05) is 42.3 Å². The van der Waals surface area contributed by atoms with E-state index in [-0.39, 0.29) is 18.2 Å². The van der Waals surface area contributed by atoms with Crippen LogP contribution < -0.4 is 5.32 Å². The number of likely N-dealkylation sites (tertiary alicyclic amines) is 1. The Morgan fingerprint density at radius 3 is 2.19 bits per heavy atom. The molecule has 2 fully saturated rings. The predicted molar refractivity (Wildman–Crippen MR) is 121 cm³/mol. The van der Waals surface area contributed by atoms with E-state index in [0.29, 0.717) is 33.4 Å². The van der Waals surface area contributed by atoms with Crippen molar-refractivity contribution in [2.45, 2.75) is 42.7 Å². The predicted octanol–water partition coefficient (Wildman–Crippen LogP) is 3.34. The van der Waals surface area contributed by atoms with E-state index in [0.717, 1.165) is 56.5 Å². The lowest BCUT2D eigenvalue weighted by molar-refractivity contribution is -0.115. The largest absolute Gasteiger partial charge is 0.339 e. The number of thiophene rings is 1. The molecule has 2 aromatic rings. The Labute approximate surface area is 187 Å². The topological polar surface area (TPSA) is 86.8 Å². The molecule has 4 rings (SSSR count). The van der Waals surface area contributed by atoms with E-state index in [1.807, 2.05) is 4.90 Å². The minimum atomic E-state index is -3.47. The summed E-state index contributed by atoms with van der Waals surface area (Å²) in [6.07, 6.45) is 5.04. The molecule has 2 aliphatic heterocycles. The van der Waals surface area contributed by atoms with Crippen molar-refractivity contribution >= 4 is 38.9 Å². The zero-order chi connectivity index (χ0) is 21.8. The Morgan fingerprint density at radius 2 is 1.52 bits per heavy atom. The van der Waals surface area contributed by atoms with E-state index < -0.39 is 10.0 Å². The molecule has 9 heteroatoms. The minimum absolute atomic E-state index is 0.0245. The van der Waals surface area contributed by atoms with E-state index in [9.17, 15) is 18.0 Å². The summed E-state index contributed by atoms with van der Waals surface area (Å²) in [5.41, 5.74) is 1.23. The molecule has 0 aliphatic carbocycles. The number of hydrogen-bond acceptors (Lipinski definition) is 5.